The predicted molar refractivity (Wildman–Crippen MR) is 92.2 cm³/mol. The Kier molecular flexibility index (Phi) is 5.77. The molecular weight excluding hydrogens is 344 g/mol. The highest BCUT2D eigenvalue weighted by Gasteiger charge is 2.13. The summed E-state index contributed by atoms with van der Waals surface area (Å²) in [6.07, 6.45) is 1.32. The molecule has 0 bridgehead atoms. The van der Waals surface area contributed by atoms with Gasteiger partial charge in [0.2, 0.25) is 0 Å². The van der Waals surface area contributed by atoms with Crippen LogP contribution in [0.15, 0.2) is 48.0 Å². The molecule has 6 nitrogen and oxygen atoms in total. The van der Waals surface area contributed by atoms with Gasteiger partial charge < -0.3 is 15.2 Å². The van der Waals surface area contributed by atoms with Crippen molar-refractivity contribution in [1.82, 2.24) is 0 Å². The van der Waals surface area contributed by atoms with Crippen LogP contribution in [0.4, 0.5) is 0 Å². The molecule has 0 atom stereocenters. The van der Waals surface area contributed by atoms with Crippen molar-refractivity contribution >= 4 is 29.6 Å². The third-order valence-corrected chi connectivity index (χ3v) is 3.42. The average molecular weight is 357 g/mol. The predicted octanol–water partition coefficient (Wildman–Crippen LogP) is 2.96. The van der Waals surface area contributed by atoms with Crippen LogP contribution < -0.4 is 15.2 Å². The number of hydrogen-bond acceptors (Lipinski definition) is 5. The molecule has 0 fully saturated rings. The number of hydrogen-bond donors (Lipinski definition) is 1. The third-order valence-electron chi connectivity index (χ3n) is 3.17. The van der Waals surface area contributed by atoms with Gasteiger partial charge in [0.05, 0.1) is 12.7 Å². The van der Waals surface area contributed by atoms with Crippen molar-refractivity contribution < 1.29 is 19.1 Å². The van der Waals surface area contributed by atoms with E-state index in [1.54, 1.807) is 36.4 Å². The quantitative estimate of drug-likeness (QED) is 0.384. The molecule has 0 radical (unpaired) electrons. The number of halogens is 1. The monoisotopic (exact) mass is 356 g/mol. The largest absolute Gasteiger partial charge is 0.493 e. The SMILES string of the molecule is COc1cc(/C=C(\C#N)C(N)=O)ccc1OC(=O)c1ccc(Cl)cc1. The number of benzene rings is 2. The highest BCUT2D eigenvalue weighted by Crippen LogP contribution is 2.29. The lowest BCUT2D eigenvalue weighted by atomic mass is 10.1. The van der Waals surface area contributed by atoms with Gasteiger partial charge in [-0.2, -0.15) is 5.26 Å². The number of nitrogens with two attached hydrogens (primary N) is 1. The van der Waals surface area contributed by atoms with Crippen molar-refractivity contribution in [2.75, 3.05) is 7.11 Å². The Morgan fingerprint density at radius 1 is 1.16 bits per heavy atom. The number of amides is 1. The van der Waals surface area contributed by atoms with Gasteiger partial charge >= 0.3 is 5.97 Å². The Balaban J connectivity index is 2.28. The maximum Gasteiger partial charge on any atom is 0.343 e. The van der Waals surface area contributed by atoms with Crippen LogP contribution in [0.3, 0.4) is 0 Å². The fourth-order valence-electron chi connectivity index (χ4n) is 1.93. The smallest absolute Gasteiger partial charge is 0.343 e. The summed E-state index contributed by atoms with van der Waals surface area (Å²) in [6, 6.07) is 12.5. The summed E-state index contributed by atoms with van der Waals surface area (Å²) < 4.78 is 10.5. The van der Waals surface area contributed by atoms with Crippen LogP contribution in [0.25, 0.3) is 6.08 Å². The van der Waals surface area contributed by atoms with Gasteiger partial charge in [-0.05, 0) is 48.0 Å². The molecule has 0 aliphatic carbocycles. The molecule has 126 valence electrons. The van der Waals surface area contributed by atoms with E-state index >= 15 is 0 Å². The van der Waals surface area contributed by atoms with E-state index in [1.165, 1.54) is 25.3 Å². The second-order valence-electron chi connectivity index (χ2n) is 4.84. The number of esters is 1. The second kappa shape index (κ2) is 7.99. The molecular formula is C18H13ClN2O4. The first-order valence-electron chi connectivity index (χ1n) is 7.02. The van der Waals surface area contributed by atoms with Crippen LogP contribution in [-0.2, 0) is 4.79 Å². The van der Waals surface area contributed by atoms with Crippen molar-refractivity contribution in [3.63, 3.8) is 0 Å². The summed E-state index contributed by atoms with van der Waals surface area (Å²) in [7, 11) is 1.40. The molecule has 0 spiro atoms. The molecule has 2 N–H and O–H groups in total. The van der Waals surface area contributed by atoms with Gasteiger partial charge in [-0.25, -0.2) is 4.79 Å². The molecule has 25 heavy (non-hydrogen) atoms. The lowest BCUT2D eigenvalue weighted by Gasteiger charge is -2.10. The number of carbonyl (C=O) groups excluding carboxylic acids is 2. The van der Waals surface area contributed by atoms with Crippen molar-refractivity contribution in [2.45, 2.75) is 0 Å². The summed E-state index contributed by atoms with van der Waals surface area (Å²) >= 11 is 5.78. The topological polar surface area (TPSA) is 102 Å². The van der Waals surface area contributed by atoms with Gasteiger partial charge in [0.1, 0.15) is 11.6 Å². The Morgan fingerprint density at radius 2 is 1.84 bits per heavy atom. The Bertz CT molecular complexity index is 883. The van der Waals surface area contributed by atoms with Gasteiger partial charge in [-0.1, -0.05) is 17.7 Å². The van der Waals surface area contributed by atoms with Crippen molar-refractivity contribution in [1.29, 1.82) is 5.26 Å². The van der Waals surface area contributed by atoms with Crippen molar-refractivity contribution in [3.8, 4) is 17.6 Å². The number of carbonyl (C=O) groups is 2. The number of ether oxygens (including phenoxy) is 2. The van der Waals surface area contributed by atoms with E-state index in [0.717, 1.165) is 0 Å². The Morgan fingerprint density at radius 3 is 2.40 bits per heavy atom. The molecule has 0 saturated carbocycles. The minimum atomic E-state index is -0.834. The summed E-state index contributed by atoms with van der Waals surface area (Å²) in [5.74, 6) is -0.956. The molecule has 2 aromatic rings. The fraction of sp³-hybridized carbons (Fsp3) is 0.0556. The van der Waals surface area contributed by atoms with E-state index in [2.05, 4.69) is 0 Å². The minimum Gasteiger partial charge on any atom is -0.493 e. The van der Waals surface area contributed by atoms with Gasteiger partial charge in [0, 0.05) is 5.02 Å². The third kappa shape index (κ3) is 4.59. The van der Waals surface area contributed by atoms with Gasteiger partial charge in [-0.3, -0.25) is 4.79 Å². The molecule has 0 unspecified atom stereocenters. The zero-order chi connectivity index (χ0) is 18.4. The maximum absolute atomic E-state index is 12.2. The van der Waals surface area contributed by atoms with Crippen LogP contribution in [0.5, 0.6) is 11.5 Å². The van der Waals surface area contributed by atoms with Crippen LogP contribution in [0.1, 0.15) is 15.9 Å². The van der Waals surface area contributed by atoms with Crippen LogP contribution in [0, 0.1) is 11.3 Å². The van der Waals surface area contributed by atoms with Gasteiger partial charge in [0.25, 0.3) is 5.91 Å². The summed E-state index contributed by atoms with van der Waals surface area (Å²) in [5.41, 5.74) is 5.72. The molecule has 0 aliphatic rings. The first-order valence-corrected chi connectivity index (χ1v) is 7.39. The second-order valence-corrected chi connectivity index (χ2v) is 5.28. The average Bonchev–Trinajstić information content (AvgIpc) is 2.60. The van der Waals surface area contributed by atoms with E-state index in [-0.39, 0.29) is 17.1 Å². The first kappa shape index (κ1) is 18.0. The highest BCUT2D eigenvalue weighted by atomic mass is 35.5. The van der Waals surface area contributed by atoms with Crippen LogP contribution >= 0.6 is 11.6 Å². The molecule has 0 aromatic heterocycles. The lowest BCUT2D eigenvalue weighted by Crippen LogP contribution is -2.12. The number of nitriles is 1. The van der Waals surface area contributed by atoms with Gasteiger partial charge in [0.15, 0.2) is 11.5 Å². The Hall–Kier alpha value is -3.30. The minimum absolute atomic E-state index is 0.192. The van der Waals surface area contributed by atoms with E-state index in [1.807, 2.05) is 0 Å². The normalized spacial score (nSPS) is 10.7. The molecule has 7 heteroatoms. The molecule has 0 aliphatic heterocycles. The molecule has 2 aromatic carbocycles. The lowest BCUT2D eigenvalue weighted by molar-refractivity contribution is -0.114. The summed E-state index contributed by atoms with van der Waals surface area (Å²) in [6.45, 7) is 0. The van der Waals surface area contributed by atoms with Crippen molar-refractivity contribution in [3.05, 3.63) is 64.2 Å². The van der Waals surface area contributed by atoms with Crippen molar-refractivity contribution in [2.24, 2.45) is 5.73 Å². The number of nitrogens with zero attached hydrogens (tertiary/aromatic N) is 1. The Labute approximate surface area is 149 Å². The van der Waals surface area contributed by atoms with Gasteiger partial charge in [-0.15, -0.1) is 0 Å². The van der Waals surface area contributed by atoms with E-state index in [0.29, 0.717) is 16.1 Å². The molecule has 0 heterocycles. The molecule has 2 rings (SSSR count). The van der Waals surface area contributed by atoms with E-state index < -0.39 is 11.9 Å². The first-order chi connectivity index (χ1) is 11.9. The number of primary amides is 1. The zero-order valence-electron chi connectivity index (χ0n) is 13.2. The number of methoxy groups -OCH3 is 1. The zero-order valence-corrected chi connectivity index (χ0v) is 13.9. The fourth-order valence-corrected chi connectivity index (χ4v) is 2.05. The van der Waals surface area contributed by atoms with Crippen LogP contribution in [-0.4, -0.2) is 19.0 Å². The standard InChI is InChI=1S/C18H13ClN2O4/c1-24-16-9-11(8-13(10-20)17(21)22)2-7-15(16)25-18(23)12-3-5-14(19)6-4-12/h2-9H,1H3,(H2,21,22)/b13-8+. The molecule has 1 amide bonds. The maximum atomic E-state index is 12.2. The van der Waals surface area contributed by atoms with Crippen LogP contribution in [0.2, 0.25) is 5.02 Å². The highest BCUT2D eigenvalue weighted by molar-refractivity contribution is 6.30. The summed E-state index contributed by atoms with van der Waals surface area (Å²) in [5, 5.41) is 9.38. The molecule has 0 saturated heterocycles. The summed E-state index contributed by atoms with van der Waals surface area (Å²) in [4.78, 5) is 23.3. The number of rotatable bonds is 5. The van der Waals surface area contributed by atoms with E-state index in [9.17, 15) is 9.59 Å². The van der Waals surface area contributed by atoms with E-state index in [4.69, 9.17) is 32.1 Å².